The molecule has 0 N–H and O–H groups in total. The highest BCUT2D eigenvalue weighted by Gasteiger charge is 2.33. The fourth-order valence-corrected chi connectivity index (χ4v) is 4.35. The molecule has 24 heavy (non-hydrogen) atoms. The maximum Gasteiger partial charge on any atom is 0.226 e. The van der Waals surface area contributed by atoms with Crippen LogP contribution in [0.5, 0.6) is 0 Å². The van der Waals surface area contributed by atoms with Crippen LogP contribution in [0.25, 0.3) is 0 Å². The molecule has 0 saturated carbocycles. The minimum absolute atomic E-state index is 0.635. The van der Waals surface area contributed by atoms with Crippen LogP contribution in [-0.4, -0.2) is 4.21 Å². The van der Waals surface area contributed by atoms with Gasteiger partial charge in [-0.25, -0.2) is 4.21 Å². The summed E-state index contributed by atoms with van der Waals surface area (Å²) >= 11 is -1.23. The highest BCUT2D eigenvalue weighted by molar-refractivity contribution is 7.88. The summed E-state index contributed by atoms with van der Waals surface area (Å²) in [5, 5.41) is 0. The van der Waals surface area contributed by atoms with E-state index in [4.69, 9.17) is 0 Å². The largest absolute Gasteiger partial charge is 0.268 e. The number of hydrogen-bond acceptors (Lipinski definition) is 1. The van der Waals surface area contributed by atoms with E-state index < -0.39 is 11.2 Å². The minimum atomic E-state index is -1.23. The molecule has 0 fully saturated rings. The predicted octanol–water partition coefficient (Wildman–Crippen LogP) is 4.29. The van der Waals surface area contributed by atoms with E-state index >= 15 is 0 Å². The Morgan fingerprint density at radius 3 is 1.38 bits per heavy atom. The van der Waals surface area contributed by atoms with E-state index in [9.17, 15) is 4.21 Å². The molecule has 0 aliphatic carbocycles. The number of rotatable bonds is 4. The van der Waals surface area contributed by atoms with E-state index in [2.05, 4.69) is 24.3 Å². The molecule has 1 aliphatic rings. The van der Waals surface area contributed by atoms with Gasteiger partial charge in [0.2, 0.25) is 11.2 Å². The van der Waals surface area contributed by atoms with Crippen LogP contribution in [0, 0.1) is 0 Å². The SMILES string of the molecule is O=S1N(Cc2ccccc2)c2ccccc2N1Cc1ccccc1. The standard InChI is InChI=1S/C20H18N2OS/c23-24-21(15-17-9-3-1-4-10-17)19-13-7-8-14-20(19)22(24)16-18-11-5-2-6-12-18/h1-14H,15-16H2. The lowest BCUT2D eigenvalue weighted by atomic mass is 10.2. The Morgan fingerprint density at radius 1 is 0.583 bits per heavy atom. The van der Waals surface area contributed by atoms with Gasteiger partial charge in [0.1, 0.15) is 0 Å². The summed E-state index contributed by atoms with van der Waals surface area (Å²) in [5.74, 6) is 0. The number of anilines is 2. The topological polar surface area (TPSA) is 23.6 Å². The summed E-state index contributed by atoms with van der Waals surface area (Å²) in [5.41, 5.74) is 4.36. The van der Waals surface area contributed by atoms with Gasteiger partial charge in [0, 0.05) is 0 Å². The van der Waals surface area contributed by atoms with Crippen molar-refractivity contribution in [2.75, 3.05) is 8.61 Å². The Kier molecular flexibility index (Phi) is 4.05. The third-order valence-corrected chi connectivity index (χ3v) is 5.54. The molecule has 0 radical (unpaired) electrons. The van der Waals surface area contributed by atoms with E-state index in [0.717, 1.165) is 22.5 Å². The van der Waals surface area contributed by atoms with Crippen LogP contribution in [0.3, 0.4) is 0 Å². The van der Waals surface area contributed by atoms with Crippen molar-refractivity contribution in [2.24, 2.45) is 0 Å². The smallest absolute Gasteiger partial charge is 0.226 e. The van der Waals surface area contributed by atoms with E-state index in [0.29, 0.717) is 13.1 Å². The number of benzene rings is 3. The quantitative estimate of drug-likeness (QED) is 0.698. The van der Waals surface area contributed by atoms with Gasteiger partial charge in [0.25, 0.3) is 0 Å². The van der Waals surface area contributed by atoms with Gasteiger partial charge < -0.3 is 0 Å². The molecule has 0 aromatic heterocycles. The van der Waals surface area contributed by atoms with E-state index in [1.807, 2.05) is 69.3 Å². The van der Waals surface area contributed by atoms with Crippen molar-refractivity contribution in [1.29, 1.82) is 0 Å². The molecule has 0 bridgehead atoms. The first-order valence-electron chi connectivity index (χ1n) is 7.97. The first kappa shape index (κ1) is 15.0. The third-order valence-electron chi connectivity index (χ3n) is 4.13. The molecule has 1 aliphatic heterocycles. The van der Waals surface area contributed by atoms with Crippen LogP contribution >= 0.6 is 0 Å². The van der Waals surface area contributed by atoms with Gasteiger partial charge in [-0.15, -0.1) is 0 Å². The maximum absolute atomic E-state index is 13.1. The average molecular weight is 334 g/mol. The number of hydrogen-bond donors (Lipinski definition) is 0. The molecule has 0 unspecified atom stereocenters. The predicted molar refractivity (Wildman–Crippen MR) is 99.8 cm³/mol. The molecule has 0 spiro atoms. The highest BCUT2D eigenvalue weighted by Crippen LogP contribution is 2.40. The lowest BCUT2D eigenvalue weighted by Gasteiger charge is -2.20. The first-order chi connectivity index (χ1) is 11.8. The second kappa shape index (κ2) is 6.49. The van der Waals surface area contributed by atoms with Crippen LogP contribution in [0.15, 0.2) is 84.9 Å². The van der Waals surface area contributed by atoms with Crippen molar-refractivity contribution in [2.45, 2.75) is 13.1 Å². The fourth-order valence-electron chi connectivity index (χ4n) is 2.95. The van der Waals surface area contributed by atoms with Gasteiger partial charge >= 0.3 is 0 Å². The van der Waals surface area contributed by atoms with Gasteiger partial charge in [-0.2, -0.15) is 0 Å². The molecule has 4 heteroatoms. The molecule has 3 aromatic carbocycles. The number of para-hydroxylation sites is 2. The van der Waals surface area contributed by atoms with Gasteiger partial charge in [-0.1, -0.05) is 72.8 Å². The molecule has 3 aromatic rings. The Balaban J connectivity index is 1.66. The molecule has 3 nitrogen and oxygen atoms in total. The van der Waals surface area contributed by atoms with E-state index in [1.165, 1.54) is 0 Å². The molecule has 120 valence electrons. The minimum Gasteiger partial charge on any atom is -0.268 e. The molecule has 0 amide bonds. The monoisotopic (exact) mass is 334 g/mol. The highest BCUT2D eigenvalue weighted by atomic mass is 32.2. The molecule has 1 heterocycles. The van der Waals surface area contributed by atoms with Gasteiger partial charge in [-0.3, -0.25) is 8.61 Å². The summed E-state index contributed by atoms with van der Waals surface area (Å²) in [4.78, 5) is 0. The first-order valence-corrected chi connectivity index (χ1v) is 9.03. The summed E-state index contributed by atoms with van der Waals surface area (Å²) in [7, 11) is 0. The summed E-state index contributed by atoms with van der Waals surface area (Å²) in [6.45, 7) is 1.27. The number of fused-ring (bicyclic) bond motifs is 1. The Hall–Kier alpha value is -2.59. The summed E-state index contributed by atoms with van der Waals surface area (Å²) < 4.78 is 17.1. The zero-order chi connectivity index (χ0) is 16.4. The maximum atomic E-state index is 13.1. The van der Waals surface area contributed by atoms with Crippen LogP contribution in [0.1, 0.15) is 11.1 Å². The van der Waals surface area contributed by atoms with Gasteiger partial charge in [0.15, 0.2) is 0 Å². The second-order valence-electron chi connectivity index (χ2n) is 5.76. The normalized spacial score (nSPS) is 14.0. The Bertz CT molecular complexity index is 781. The molecular formula is C20H18N2OS. The van der Waals surface area contributed by atoms with Gasteiger partial charge in [0.05, 0.1) is 24.5 Å². The zero-order valence-corrected chi connectivity index (χ0v) is 14.0. The molecule has 0 saturated heterocycles. The summed E-state index contributed by atoms with van der Waals surface area (Å²) in [6, 6.07) is 28.4. The lowest BCUT2D eigenvalue weighted by Crippen LogP contribution is -2.31. The zero-order valence-electron chi connectivity index (χ0n) is 13.2. The van der Waals surface area contributed by atoms with Crippen molar-refractivity contribution in [3.8, 4) is 0 Å². The second-order valence-corrected chi connectivity index (χ2v) is 7.11. The van der Waals surface area contributed by atoms with Crippen LogP contribution in [0.4, 0.5) is 11.4 Å². The van der Waals surface area contributed by atoms with Crippen molar-refractivity contribution in [1.82, 2.24) is 0 Å². The van der Waals surface area contributed by atoms with Crippen LogP contribution < -0.4 is 8.61 Å². The van der Waals surface area contributed by atoms with Crippen molar-refractivity contribution >= 4 is 22.5 Å². The van der Waals surface area contributed by atoms with Crippen molar-refractivity contribution in [3.63, 3.8) is 0 Å². The fraction of sp³-hybridized carbons (Fsp3) is 0.100. The molecular weight excluding hydrogens is 316 g/mol. The van der Waals surface area contributed by atoms with E-state index in [-0.39, 0.29) is 0 Å². The average Bonchev–Trinajstić information content (AvgIpc) is 2.90. The van der Waals surface area contributed by atoms with Crippen molar-refractivity contribution in [3.05, 3.63) is 96.1 Å². The summed E-state index contributed by atoms with van der Waals surface area (Å²) in [6.07, 6.45) is 0. The van der Waals surface area contributed by atoms with Gasteiger partial charge in [-0.05, 0) is 23.3 Å². The molecule has 0 atom stereocenters. The number of nitrogens with zero attached hydrogens (tertiary/aromatic N) is 2. The third kappa shape index (κ3) is 2.81. The Labute approximate surface area is 144 Å². The Morgan fingerprint density at radius 2 is 0.958 bits per heavy atom. The van der Waals surface area contributed by atoms with E-state index in [1.54, 1.807) is 0 Å². The van der Waals surface area contributed by atoms with Crippen molar-refractivity contribution < 1.29 is 4.21 Å². The molecule has 4 rings (SSSR count). The van der Waals surface area contributed by atoms with Crippen LogP contribution in [-0.2, 0) is 24.3 Å². The van der Waals surface area contributed by atoms with Crippen LogP contribution in [0.2, 0.25) is 0 Å². The lowest BCUT2D eigenvalue weighted by molar-refractivity contribution is 0.677.